The minimum absolute atomic E-state index is 0.280. The fraction of sp³-hybridized carbons (Fsp3) is 0.263. The lowest BCUT2D eigenvalue weighted by Crippen LogP contribution is -2.34. The Kier molecular flexibility index (Phi) is 4.45. The Labute approximate surface area is 154 Å². The van der Waals surface area contributed by atoms with E-state index in [4.69, 9.17) is 0 Å². The molecule has 3 aromatic rings. The largest absolute Gasteiger partial charge is 0.370 e. The molecule has 0 unspecified atom stereocenters. The maximum absolute atomic E-state index is 12.5. The first-order chi connectivity index (χ1) is 13.1. The molecule has 1 aromatic carbocycles. The number of hydrogen-bond acceptors (Lipinski definition) is 5. The number of aromatic nitrogens is 3. The van der Waals surface area contributed by atoms with Crippen LogP contribution in [-0.2, 0) is 11.3 Å². The molecule has 0 bridgehead atoms. The molecule has 138 valence electrons. The van der Waals surface area contributed by atoms with E-state index < -0.39 is 17.0 Å². The van der Waals surface area contributed by atoms with Gasteiger partial charge in [0.2, 0.25) is 5.91 Å². The summed E-state index contributed by atoms with van der Waals surface area (Å²) in [5.41, 5.74) is 0.198. The van der Waals surface area contributed by atoms with Crippen LogP contribution in [0.4, 0.5) is 11.5 Å². The Morgan fingerprint density at radius 2 is 1.81 bits per heavy atom. The average molecular weight is 365 g/mol. The molecule has 2 N–H and O–H groups in total. The van der Waals surface area contributed by atoms with Crippen LogP contribution in [0.2, 0.25) is 0 Å². The van der Waals surface area contributed by atoms with Gasteiger partial charge < -0.3 is 10.2 Å². The summed E-state index contributed by atoms with van der Waals surface area (Å²) in [5, 5.41) is 5.68. The normalized spacial score (nSPS) is 13.9. The smallest absolute Gasteiger partial charge is 0.273 e. The first kappa shape index (κ1) is 17.0. The molecule has 1 fully saturated rings. The van der Waals surface area contributed by atoms with Crippen molar-refractivity contribution >= 4 is 28.2 Å². The summed E-state index contributed by atoms with van der Waals surface area (Å²) >= 11 is 0. The SMILES string of the molecule is O=C(Cn1[nH]c(=O)c2ccccc2c1=O)Nc1ccc(N2CCCC2)cn1. The number of pyridine rings is 1. The van der Waals surface area contributed by atoms with Gasteiger partial charge in [0.15, 0.2) is 0 Å². The second-order valence-electron chi connectivity index (χ2n) is 6.52. The van der Waals surface area contributed by atoms with Crippen molar-refractivity contribution in [2.24, 2.45) is 0 Å². The summed E-state index contributed by atoms with van der Waals surface area (Å²) in [6, 6.07) is 10.2. The highest BCUT2D eigenvalue weighted by molar-refractivity contribution is 5.90. The number of nitrogens with zero attached hydrogens (tertiary/aromatic N) is 3. The first-order valence-electron chi connectivity index (χ1n) is 8.84. The number of carbonyl (C=O) groups excluding carboxylic acids is 1. The Bertz CT molecular complexity index is 1090. The highest BCUT2D eigenvalue weighted by atomic mass is 16.2. The molecule has 0 aliphatic carbocycles. The van der Waals surface area contributed by atoms with Crippen molar-refractivity contribution in [3.8, 4) is 0 Å². The van der Waals surface area contributed by atoms with Crippen LogP contribution in [0.1, 0.15) is 12.8 Å². The van der Waals surface area contributed by atoms with Crippen LogP contribution in [0.25, 0.3) is 10.8 Å². The number of fused-ring (bicyclic) bond motifs is 1. The second-order valence-corrected chi connectivity index (χ2v) is 6.52. The Morgan fingerprint density at radius 1 is 1.07 bits per heavy atom. The van der Waals surface area contributed by atoms with Gasteiger partial charge in [-0.05, 0) is 37.1 Å². The molecule has 8 nitrogen and oxygen atoms in total. The van der Waals surface area contributed by atoms with Crippen molar-refractivity contribution in [3.05, 3.63) is 63.3 Å². The molecule has 1 amide bonds. The molecule has 8 heteroatoms. The lowest BCUT2D eigenvalue weighted by molar-refractivity contribution is -0.117. The van der Waals surface area contributed by atoms with Crippen molar-refractivity contribution in [1.82, 2.24) is 14.8 Å². The molecular weight excluding hydrogens is 346 g/mol. The molecule has 0 radical (unpaired) electrons. The van der Waals surface area contributed by atoms with Crippen molar-refractivity contribution in [2.45, 2.75) is 19.4 Å². The summed E-state index contributed by atoms with van der Waals surface area (Å²) in [5.74, 6) is -0.0383. The molecule has 0 saturated carbocycles. The molecule has 1 aliphatic heterocycles. The van der Waals surface area contributed by atoms with Gasteiger partial charge in [0.05, 0.1) is 22.7 Å². The molecule has 27 heavy (non-hydrogen) atoms. The number of anilines is 2. The van der Waals surface area contributed by atoms with Gasteiger partial charge in [-0.1, -0.05) is 12.1 Å². The lowest BCUT2D eigenvalue weighted by Gasteiger charge is -2.17. The number of benzene rings is 1. The van der Waals surface area contributed by atoms with Crippen molar-refractivity contribution in [3.63, 3.8) is 0 Å². The second kappa shape index (κ2) is 7.06. The van der Waals surface area contributed by atoms with Crippen LogP contribution in [-0.4, -0.2) is 33.8 Å². The number of aromatic amines is 1. The zero-order valence-corrected chi connectivity index (χ0v) is 14.6. The molecule has 0 atom stereocenters. The van der Waals surface area contributed by atoms with Crippen LogP contribution in [0.15, 0.2) is 52.2 Å². The van der Waals surface area contributed by atoms with Gasteiger partial charge in [-0.3, -0.25) is 19.5 Å². The van der Waals surface area contributed by atoms with E-state index in [0.717, 1.165) is 23.5 Å². The van der Waals surface area contributed by atoms with Crippen LogP contribution in [0.5, 0.6) is 0 Å². The third-order valence-corrected chi connectivity index (χ3v) is 4.67. The summed E-state index contributed by atoms with van der Waals surface area (Å²) < 4.78 is 1.01. The standard InChI is InChI=1S/C19H19N5O3/c25-17(21-16-8-7-13(11-20-16)23-9-3-4-10-23)12-24-19(27)15-6-2-1-5-14(15)18(26)22-24/h1-2,5-8,11H,3-4,9-10,12H2,(H,22,26)(H,20,21,25). The molecule has 3 heterocycles. The molecular formula is C19H19N5O3. The van der Waals surface area contributed by atoms with E-state index in [-0.39, 0.29) is 11.9 Å². The molecule has 1 saturated heterocycles. The molecule has 1 aliphatic rings. The van der Waals surface area contributed by atoms with E-state index in [1.54, 1.807) is 36.5 Å². The van der Waals surface area contributed by atoms with E-state index >= 15 is 0 Å². The van der Waals surface area contributed by atoms with Crippen LogP contribution in [0.3, 0.4) is 0 Å². The van der Waals surface area contributed by atoms with Crippen LogP contribution in [0, 0.1) is 0 Å². The minimum Gasteiger partial charge on any atom is -0.370 e. The monoisotopic (exact) mass is 365 g/mol. The molecule has 4 rings (SSSR count). The van der Waals surface area contributed by atoms with Crippen molar-refractivity contribution in [1.29, 1.82) is 0 Å². The molecule has 2 aromatic heterocycles. The fourth-order valence-electron chi connectivity index (χ4n) is 3.31. The predicted molar refractivity (Wildman–Crippen MR) is 103 cm³/mol. The summed E-state index contributed by atoms with van der Waals surface area (Å²) in [6.45, 7) is 1.74. The maximum atomic E-state index is 12.5. The van der Waals surface area contributed by atoms with Gasteiger partial charge in [-0.15, -0.1) is 0 Å². The Morgan fingerprint density at radius 3 is 2.52 bits per heavy atom. The predicted octanol–water partition coefficient (Wildman–Crippen LogP) is 1.32. The van der Waals surface area contributed by atoms with E-state index in [0.29, 0.717) is 11.2 Å². The first-order valence-corrected chi connectivity index (χ1v) is 8.84. The molecule has 0 spiro atoms. The fourth-order valence-corrected chi connectivity index (χ4v) is 3.31. The van der Waals surface area contributed by atoms with Gasteiger partial charge in [0.1, 0.15) is 12.4 Å². The summed E-state index contributed by atoms with van der Waals surface area (Å²) in [4.78, 5) is 43.3. The van der Waals surface area contributed by atoms with Crippen LogP contribution >= 0.6 is 0 Å². The van der Waals surface area contributed by atoms with Gasteiger partial charge in [-0.25, -0.2) is 9.67 Å². The lowest BCUT2D eigenvalue weighted by atomic mass is 10.2. The number of H-pyrrole nitrogens is 1. The highest BCUT2D eigenvalue weighted by Gasteiger charge is 2.13. The third-order valence-electron chi connectivity index (χ3n) is 4.67. The number of amides is 1. The number of carbonyl (C=O) groups is 1. The van der Waals surface area contributed by atoms with Crippen molar-refractivity contribution < 1.29 is 4.79 Å². The topological polar surface area (TPSA) is 100 Å². The van der Waals surface area contributed by atoms with E-state index in [1.807, 2.05) is 6.07 Å². The number of hydrogen-bond donors (Lipinski definition) is 2. The van der Waals surface area contributed by atoms with Crippen molar-refractivity contribution in [2.75, 3.05) is 23.3 Å². The van der Waals surface area contributed by atoms with E-state index in [1.165, 1.54) is 12.8 Å². The van der Waals surface area contributed by atoms with Gasteiger partial charge in [0.25, 0.3) is 11.1 Å². The third kappa shape index (κ3) is 3.46. The highest BCUT2D eigenvalue weighted by Crippen LogP contribution is 2.20. The average Bonchev–Trinajstić information content (AvgIpc) is 3.21. The number of nitrogens with one attached hydrogen (secondary N) is 2. The zero-order chi connectivity index (χ0) is 18.8. The van der Waals surface area contributed by atoms with Crippen LogP contribution < -0.4 is 21.3 Å². The van der Waals surface area contributed by atoms with Gasteiger partial charge in [0, 0.05) is 13.1 Å². The Hall–Kier alpha value is -3.42. The quantitative estimate of drug-likeness (QED) is 0.726. The van der Waals surface area contributed by atoms with Gasteiger partial charge >= 0.3 is 0 Å². The number of rotatable bonds is 4. The van der Waals surface area contributed by atoms with E-state index in [9.17, 15) is 14.4 Å². The minimum atomic E-state index is -0.440. The summed E-state index contributed by atoms with van der Waals surface area (Å²) in [6.07, 6.45) is 4.08. The Balaban J connectivity index is 1.49. The zero-order valence-electron chi connectivity index (χ0n) is 14.6. The maximum Gasteiger partial charge on any atom is 0.273 e. The summed E-state index contributed by atoms with van der Waals surface area (Å²) in [7, 11) is 0. The van der Waals surface area contributed by atoms with Gasteiger partial charge in [-0.2, -0.15) is 0 Å². The van der Waals surface area contributed by atoms with E-state index in [2.05, 4.69) is 20.3 Å².